The monoisotopic (exact) mass is 308 g/mol. The summed E-state index contributed by atoms with van der Waals surface area (Å²) in [5.74, 6) is 0. The van der Waals surface area contributed by atoms with Crippen molar-refractivity contribution in [2.75, 3.05) is 19.6 Å². The van der Waals surface area contributed by atoms with Gasteiger partial charge in [-0.2, -0.15) is 5.10 Å². The van der Waals surface area contributed by atoms with Crippen molar-refractivity contribution >= 4 is 22.4 Å². The molecule has 110 valence electrons. The first kappa shape index (κ1) is 16.4. The van der Waals surface area contributed by atoms with Gasteiger partial charge in [-0.3, -0.25) is 4.68 Å². The van der Waals surface area contributed by atoms with Crippen molar-refractivity contribution in [2.45, 2.75) is 24.8 Å². The molecule has 0 atom stereocenters. The lowest BCUT2D eigenvalue weighted by Gasteiger charge is -2.34. The maximum absolute atomic E-state index is 12.1. The molecule has 6 nitrogen and oxygen atoms in total. The van der Waals surface area contributed by atoms with E-state index in [0.29, 0.717) is 6.54 Å². The summed E-state index contributed by atoms with van der Waals surface area (Å²) in [6.07, 6.45) is 3.46. The Morgan fingerprint density at radius 2 is 2.11 bits per heavy atom. The van der Waals surface area contributed by atoms with E-state index in [4.69, 9.17) is 0 Å². The van der Waals surface area contributed by atoms with Crippen LogP contribution in [0.1, 0.15) is 19.8 Å². The molecular formula is C11H21ClN4O2S. The van der Waals surface area contributed by atoms with Crippen molar-refractivity contribution < 1.29 is 8.42 Å². The van der Waals surface area contributed by atoms with Crippen molar-refractivity contribution in [1.29, 1.82) is 0 Å². The van der Waals surface area contributed by atoms with Crippen LogP contribution in [0.2, 0.25) is 0 Å². The number of nitrogens with zero attached hydrogens (tertiary/aromatic N) is 2. The molecule has 0 aliphatic carbocycles. The van der Waals surface area contributed by atoms with Crippen LogP contribution in [0.25, 0.3) is 0 Å². The second kappa shape index (κ2) is 6.21. The standard InChI is InChI=1S/C11H20N4O2S.ClH/c1-11(4-7-12-8-5-11)9-14-18(16,17)10-3-6-13-15(10)2;/h3,6,12,14H,4-5,7-9H2,1-2H3;1H. The van der Waals surface area contributed by atoms with Crippen molar-refractivity contribution in [1.82, 2.24) is 19.8 Å². The van der Waals surface area contributed by atoms with Gasteiger partial charge in [0.2, 0.25) is 0 Å². The first-order chi connectivity index (χ1) is 8.43. The molecule has 0 amide bonds. The molecule has 8 heteroatoms. The lowest BCUT2D eigenvalue weighted by atomic mass is 9.81. The Bertz CT molecular complexity index is 509. The molecule has 0 radical (unpaired) electrons. The Kier molecular flexibility index (Phi) is 5.37. The van der Waals surface area contributed by atoms with Gasteiger partial charge in [0.25, 0.3) is 10.0 Å². The largest absolute Gasteiger partial charge is 0.317 e. The van der Waals surface area contributed by atoms with Gasteiger partial charge in [0.15, 0.2) is 5.03 Å². The van der Waals surface area contributed by atoms with E-state index in [1.807, 2.05) is 0 Å². The number of piperidine rings is 1. The Balaban J connectivity index is 0.00000180. The van der Waals surface area contributed by atoms with E-state index >= 15 is 0 Å². The molecule has 2 heterocycles. The number of aromatic nitrogens is 2. The zero-order chi connectivity index (χ0) is 13.2. The summed E-state index contributed by atoms with van der Waals surface area (Å²) in [7, 11) is -1.83. The van der Waals surface area contributed by atoms with Crippen molar-refractivity contribution in [3.05, 3.63) is 12.3 Å². The molecule has 0 bridgehead atoms. The minimum absolute atomic E-state index is 0. The molecule has 0 saturated carbocycles. The topological polar surface area (TPSA) is 76.0 Å². The second-order valence-electron chi connectivity index (χ2n) is 5.18. The maximum atomic E-state index is 12.1. The van der Waals surface area contributed by atoms with Crippen LogP contribution in [0.3, 0.4) is 0 Å². The number of nitrogens with one attached hydrogen (secondary N) is 2. The van der Waals surface area contributed by atoms with Crippen LogP contribution in [0.5, 0.6) is 0 Å². The van der Waals surface area contributed by atoms with E-state index in [2.05, 4.69) is 22.1 Å². The summed E-state index contributed by atoms with van der Waals surface area (Å²) in [6.45, 7) is 4.50. The smallest absolute Gasteiger partial charge is 0.257 e. The fraction of sp³-hybridized carbons (Fsp3) is 0.727. The number of halogens is 1. The molecular weight excluding hydrogens is 288 g/mol. The third-order valence-corrected chi connectivity index (χ3v) is 5.03. The van der Waals surface area contributed by atoms with Gasteiger partial charge >= 0.3 is 0 Å². The van der Waals surface area contributed by atoms with Crippen molar-refractivity contribution in [2.24, 2.45) is 12.5 Å². The summed E-state index contributed by atoms with van der Waals surface area (Å²) in [4.78, 5) is 0. The number of aryl methyl sites for hydroxylation is 1. The van der Waals surface area contributed by atoms with E-state index in [-0.39, 0.29) is 22.8 Å². The predicted octanol–water partition coefficient (Wildman–Crippen LogP) is 0.510. The van der Waals surface area contributed by atoms with Gasteiger partial charge in [-0.25, -0.2) is 13.1 Å². The van der Waals surface area contributed by atoms with E-state index in [1.165, 1.54) is 16.9 Å². The van der Waals surface area contributed by atoms with E-state index in [0.717, 1.165) is 25.9 Å². The highest BCUT2D eigenvalue weighted by Crippen LogP contribution is 2.27. The third-order valence-electron chi connectivity index (χ3n) is 3.55. The van der Waals surface area contributed by atoms with Gasteiger partial charge in [-0.15, -0.1) is 12.4 Å². The second-order valence-corrected chi connectivity index (χ2v) is 6.89. The predicted molar refractivity (Wildman–Crippen MR) is 75.9 cm³/mol. The molecule has 1 aromatic heterocycles. The average molecular weight is 309 g/mol. The van der Waals surface area contributed by atoms with Crippen LogP contribution in [0.15, 0.2) is 17.3 Å². The fourth-order valence-corrected chi connectivity index (χ4v) is 3.50. The maximum Gasteiger partial charge on any atom is 0.257 e. The molecule has 1 aliphatic rings. The zero-order valence-corrected chi connectivity index (χ0v) is 12.9. The van der Waals surface area contributed by atoms with Crippen molar-refractivity contribution in [3.63, 3.8) is 0 Å². The molecule has 1 aliphatic heterocycles. The molecule has 1 fully saturated rings. The normalized spacial score (nSPS) is 18.8. The molecule has 19 heavy (non-hydrogen) atoms. The summed E-state index contributed by atoms with van der Waals surface area (Å²) in [5, 5.41) is 7.37. The number of sulfonamides is 1. The molecule has 0 aromatic carbocycles. The van der Waals surface area contributed by atoms with E-state index < -0.39 is 10.0 Å². The molecule has 2 N–H and O–H groups in total. The van der Waals surface area contributed by atoms with Crippen LogP contribution in [0, 0.1) is 5.41 Å². The van der Waals surface area contributed by atoms with Gasteiger partial charge in [-0.1, -0.05) is 6.92 Å². The average Bonchev–Trinajstić information content (AvgIpc) is 2.75. The highest BCUT2D eigenvalue weighted by atomic mass is 35.5. The number of hydrogen-bond acceptors (Lipinski definition) is 4. The minimum Gasteiger partial charge on any atom is -0.317 e. The van der Waals surface area contributed by atoms with Gasteiger partial charge in [0.05, 0.1) is 6.20 Å². The molecule has 1 saturated heterocycles. The zero-order valence-electron chi connectivity index (χ0n) is 11.2. The van der Waals surface area contributed by atoms with Crippen LogP contribution in [-0.4, -0.2) is 37.8 Å². The summed E-state index contributed by atoms with van der Waals surface area (Å²) in [5.41, 5.74) is 0.0386. The molecule has 1 aromatic rings. The Morgan fingerprint density at radius 1 is 1.47 bits per heavy atom. The van der Waals surface area contributed by atoms with Gasteiger partial charge in [0, 0.05) is 13.6 Å². The summed E-state index contributed by atoms with van der Waals surface area (Å²) in [6, 6.07) is 1.51. The van der Waals surface area contributed by atoms with Crippen LogP contribution in [-0.2, 0) is 17.1 Å². The quantitative estimate of drug-likeness (QED) is 0.850. The first-order valence-corrected chi connectivity index (χ1v) is 7.60. The minimum atomic E-state index is -3.46. The van der Waals surface area contributed by atoms with Crippen molar-refractivity contribution in [3.8, 4) is 0 Å². The first-order valence-electron chi connectivity index (χ1n) is 6.11. The lowest BCUT2D eigenvalue weighted by Crippen LogP contribution is -2.43. The Labute approximate surface area is 120 Å². The van der Waals surface area contributed by atoms with Gasteiger partial charge in [-0.05, 0) is 37.4 Å². The van der Waals surface area contributed by atoms with Crippen LogP contribution >= 0.6 is 12.4 Å². The van der Waals surface area contributed by atoms with Crippen LogP contribution in [0.4, 0.5) is 0 Å². The Hall–Kier alpha value is -0.630. The van der Waals surface area contributed by atoms with E-state index in [9.17, 15) is 8.42 Å². The highest BCUT2D eigenvalue weighted by molar-refractivity contribution is 7.89. The Morgan fingerprint density at radius 3 is 2.63 bits per heavy atom. The fourth-order valence-electron chi connectivity index (χ4n) is 2.18. The van der Waals surface area contributed by atoms with Gasteiger partial charge in [0.1, 0.15) is 0 Å². The van der Waals surface area contributed by atoms with Gasteiger partial charge < -0.3 is 5.32 Å². The third kappa shape index (κ3) is 3.92. The van der Waals surface area contributed by atoms with Crippen LogP contribution < -0.4 is 10.0 Å². The SMILES string of the molecule is Cl.Cn1nccc1S(=O)(=O)NCC1(C)CCNCC1. The lowest BCUT2D eigenvalue weighted by molar-refractivity contribution is 0.232. The highest BCUT2D eigenvalue weighted by Gasteiger charge is 2.29. The molecule has 0 spiro atoms. The molecule has 2 rings (SSSR count). The number of rotatable bonds is 4. The summed E-state index contributed by atoms with van der Waals surface area (Å²) >= 11 is 0. The summed E-state index contributed by atoms with van der Waals surface area (Å²) < 4.78 is 28.3. The number of hydrogen-bond donors (Lipinski definition) is 2. The van der Waals surface area contributed by atoms with E-state index in [1.54, 1.807) is 7.05 Å². The molecule has 0 unspecified atom stereocenters.